The molecule has 3 aromatic heterocycles. The number of ether oxygens (including phenoxy) is 1. The number of nitrogen functional groups attached to an aromatic ring is 1. The second kappa shape index (κ2) is 8.69. The van der Waals surface area contributed by atoms with Crippen molar-refractivity contribution in [3.05, 3.63) is 47.9 Å². The van der Waals surface area contributed by atoms with Crippen LogP contribution >= 0.6 is 0 Å². The lowest BCUT2D eigenvalue weighted by atomic mass is 9.94. The summed E-state index contributed by atoms with van der Waals surface area (Å²) in [4.78, 5) is 25.5. The number of carbonyl (C=O) groups is 1. The van der Waals surface area contributed by atoms with Crippen LogP contribution in [0.5, 0.6) is 0 Å². The van der Waals surface area contributed by atoms with Gasteiger partial charge in [-0.3, -0.25) is 9.89 Å². The summed E-state index contributed by atoms with van der Waals surface area (Å²) in [5, 5.41) is 21.3. The van der Waals surface area contributed by atoms with Crippen LogP contribution in [0.25, 0.3) is 33.4 Å². The van der Waals surface area contributed by atoms with E-state index in [1.54, 1.807) is 24.5 Å². The number of nitrogens with zero attached hydrogens (tertiary/aromatic N) is 4. The third-order valence-electron chi connectivity index (χ3n) is 5.95. The molecule has 5 rings (SSSR count). The summed E-state index contributed by atoms with van der Waals surface area (Å²) in [7, 11) is 0. The summed E-state index contributed by atoms with van der Waals surface area (Å²) in [5.74, 6) is -0.410. The predicted octanol–water partition coefficient (Wildman–Crippen LogP) is 1.63. The summed E-state index contributed by atoms with van der Waals surface area (Å²) in [5.41, 5.74) is 16.3. The molecule has 0 saturated carbocycles. The van der Waals surface area contributed by atoms with Crippen LogP contribution < -0.4 is 16.8 Å². The van der Waals surface area contributed by atoms with Crippen molar-refractivity contribution in [3.63, 3.8) is 0 Å². The molecule has 2 atom stereocenters. The SMILES string of the molecule is Cc1ccc2[nH]ncc2c1-c1cc(-c2ccnc(N[C@H]3CCOC[C@@H]3O)n2)nc(C(N)=O)c1N. The number of carbonyl (C=O) groups excluding carboxylic acids is 1. The van der Waals surface area contributed by atoms with Crippen LogP contribution in [0, 0.1) is 6.92 Å². The number of anilines is 2. The van der Waals surface area contributed by atoms with Gasteiger partial charge in [-0.2, -0.15) is 5.10 Å². The van der Waals surface area contributed by atoms with Crippen LogP contribution in [0.1, 0.15) is 22.5 Å². The molecule has 11 heteroatoms. The van der Waals surface area contributed by atoms with E-state index in [0.717, 1.165) is 22.0 Å². The second-order valence-electron chi connectivity index (χ2n) is 8.22. The van der Waals surface area contributed by atoms with Crippen molar-refractivity contribution in [3.8, 4) is 22.5 Å². The Bertz CT molecular complexity index is 1390. The van der Waals surface area contributed by atoms with Gasteiger partial charge in [-0.25, -0.2) is 15.0 Å². The predicted molar refractivity (Wildman–Crippen MR) is 127 cm³/mol. The molecule has 0 radical (unpaired) electrons. The number of aliphatic hydroxyl groups is 1. The van der Waals surface area contributed by atoms with Crippen LogP contribution in [0.15, 0.2) is 36.7 Å². The molecule has 11 nitrogen and oxygen atoms in total. The van der Waals surface area contributed by atoms with E-state index in [0.29, 0.717) is 35.9 Å². The van der Waals surface area contributed by atoms with E-state index >= 15 is 0 Å². The molecule has 4 heterocycles. The highest BCUT2D eigenvalue weighted by molar-refractivity contribution is 6.05. The van der Waals surface area contributed by atoms with E-state index in [9.17, 15) is 9.90 Å². The largest absolute Gasteiger partial charge is 0.396 e. The van der Waals surface area contributed by atoms with Crippen molar-refractivity contribution < 1.29 is 14.6 Å². The van der Waals surface area contributed by atoms with Crippen LogP contribution in [-0.2, 0) is 4.74 Å². The van der Waals surface area contributed by atoms with Crippen LogP contribution in [0.4, 0.5) is 11.6 Å². The molecule has 0 spiro atoms. The van der Waals surface area contributed by atoms with Gasteiger partial charge < -0.3 is 26.6 Å². The number of aromatic nitrogens is 5. The fourth-order valence-electron chi connectivity index (χ4n) is 4.19. The van der Waals surface area contributed by atoms with Crippen LogP contribution in [0.3, 0.4) is 0 Å². The molecule has 174 valence electrons. The number of benzene rings is 1. The van der Waals surface area contributed by atoms with Crippen molar-refractivity contribution in [1.82, 2.24) is 25.1 Å². The minimum atomic E-state index is -0.740. The van der Waals surface area contributed by atoms with Crippen molar-refractivity contribution >= 4 is 28.4 Å². The minimum Gasteiger partial charge on any atom is -0.396 e. The molecular weight excluding hydrogens is 436 g/mol. The minimum absolute atomic E-state index is 0.0413. The first kappa shape index (κ1) is 21.7. The van der Waals surface area contributed by atoms with Crippen molar-refractivity contribution in [1.29, 1.82) is 0 Å². The first-order valence-electron chi connectivity index (χ1n) is 10.8. The molecule has 1 aliphatic heterocycles. The number of H-pyrrole nitrogens is 1. The Balaban J connectivity index is 1.62. The third-order valence-corrected chi connectivity index (χ3v) is 5.95. The lowest BCUT2D eigenvalue weighted by Crippen LogP contribution is -2.42. The molecule has 1 aromatic carbocycles. The highest BCUT2D eigenvalue weighted by Crippen LogP contribution is 2.37. The van der Waals surface area contributed by atoms with Crippen molar-refractivity contribution in [2.24, 2.45) is 5.73 Å². The number of rotatable bonds is 5. The number of pyridine rings is 1. The number of aromatic amines is 1. The maximum absolute atomic E-state index is 12.2. The topological polar surface area (TPSA) is 178 Å². The van der Waals surface area contributed by atoms with E-state index in [1.807, 2.05) is 19.1 Å². The maximum Gasteiger partial charge on any atom is 0.269 e. The zero-order chi connectivity index (χ0) is 23.8. The van der Waals surface area contributed by atoms with Gasteiger partial charge in [-0.15, -0.1) is 0 Å². The monoisotopic (exact) mass is 460 g/mol. The lowest BCUT2D eigenvalue weighted by Gasteiger charge is -2.28. The number of aliphatic hydroxyl groups excluding tert-OH is 1. The zero-order valence-corrected chi connectivity index (χ0v) is 18.4. The number of nitrogens with one attached hydrogen (secondary N) is 2. The second-order valence-corrected chi connectivity index (χ2v) is 8.22. The molecular formula is C23H24N8O3. The molecule has 34 heavy (non-hydrogen) atoms. The molecule has 0 unspecified atom stereocenters. The number of amides is 1. The maximum atomic E-state index is 12.2. The molecule has 1 saturated heterocycles. The van der Waals surface area contributed by atoms with Gasteiger partial charge in [0.05, 0.1) is 47.5 Å². The molecule has 0 aliphatic carbocycles. The Morgan fingerprint density at radius 3 is 2.91 bits per heavy atom. The van der Waals surface area contributed by atoms with Crippen molar-refractivity contribution in [2.75, 3.05) is 24.3 Å². The Morgan fingerprint density at radius 1 is 1.26 bits per heavy atom. The van der Waals surface area contributed by atoms with Gasteiger partial charge in [0.15, 0.2) is 5.69 Å². The molecule has 7 N–H and O–H groups in total. The Hall–Kier alpha value is -4.09. The van der Waals surface area contributed by atoms with Gasteiger partial charge >= 0.3 is 0 Å². The smallest absolute Gasteiger partial charge is 0.269 e. The number of aryl methyl sites for hydroxylation is 1. The van der Waals surface area contributed by atoms with E-state index < -0.39 is 12.0 Å². The average molecular weight is 460 g/mol. The van der Waals surface area contributed by atoms with E-state index in [1.165, 1.54) is 0 Å². The fourth-order valence-corrected chi connectivity index (χ4v) is 4.19. The van der Waals surface area contributed by atoms with Gasteiger partial charge in [0.2, 0.25) is 5.95 Å². The molecule has 0 bridgehead atoms. The normalized spacial score (nSPS) is 18.2. The highest BCUT2D eigenvalue weighted by Gasteiger charge is 2.25. The first-order chi connectivity index (χ1) is 16.4. The standard InChI is InChI=1S/C23H24N8O3/c1-11-2-3-14-13(9-27-31-14)19(11)12-8-17(28-21(20(12)24)22(25)33)15-4-6-26-23(29-15)30-16-5-7-34-10-18(16)32/h2-4,6,8-9,16,18,32H,5,7,10,24H2,1H3,(H2,25,33)(H,27,31)(H,26,29,30)/t16-,18-/m0/s1. The van der Waals surface area contributed by atoms with Gasteiger partial charge in [-0.1, -0.05) is 6.07 Å². The number of hydrogen-bond acceptors (Lipinski definition) is 9. The van der Waals surface area contributed by atoms with E-state index in [4.69, 9.17) is 16.2 Å². The third kappa shape index (κ3) is 3.91. The summed E-state index contributed by atoms with van der Waals surface area (Å²) < 4.78 is 5.28. The Labute approximate surface area is 194 Å². The summed E-state index contributed by atoms with van der Waals surface area (Å²) >= 11 is 0. The molecule has 4 aromatic rings. The first-order valence-corrected chi connectivity index (χ1v) is 10.8. The van der Waals surface area contributed by atoms with Gasteiger partial charge in [0.1, 0.15) is 0 Å². The highest BCUT2D eigenvalue weighted by atomic mass is 16.5. The van der Waals surface area contributed by atoms with Gasteiger partial charge in [0.25, 0.3) is 5.91 Å². The summed E-state index contributed by atoms with van der Waals surface area (Å²) in [6.45, 7) is 2.75. The average Bonchev–Trinajstić information content (AvgIpc) is 3.30. The number of hydrogen-bond donors (Lipinski definition) is 5. The lowest BCUT2D eigenvalue weighted by molar-refractivity contribution is -0.0136. The Kier molecular flexibility index (Phi) is 5.56. The molecule has 1 fully saturated rings. The van der Waals surface area contributed by atoms with Gasteiger partial charge in [-0.05, 0) is 42.7 Å². The van der Waals surface area contributed by atoms with E-state index in [2.05, 4.69) is 30.5 Å². The quantitative estimate of drug-likeness (QED) is 0.296. The van der Waals surface area contributed by atoms with Gasteiger partial charge in [0, 0.05) is 23.8 Å². The summed E-state index contributed by atoms with van der Waals surface area (Å²) in [6, 6.07) is 7.12. The van der Waals surface area contributed by atoms with Crippen LogP contribution in [-0.4, -0.2) is 61.5 Å². The number of nitrogens with two attached hydrogens (primary N) is 2. The van der Waals surface area contributed by atoms with Crippen LogP contribution in [0.2, 0.25) is 0 Å². The summed E-state index contributed by atoms with van der Waals surface area (Å²) in [6.07, 6.45) is 3.26. The van der Waals surface area contributed by atoms with Crippen molar-refractivity contribution in [2.45, 2.75) is 25.5 Å². The number of primary amides is 1. The number of fused-ring (bicyclic) bond motifs is 1. The Morgan fingerprint density at radius 2 is 2.12 bits per heavy atom. The molecule has 1 amide bonds. The molecule has 1 aliphatic rings. The zero-order valence-electron chi connectivity index (χ0n) is 18.4. The fraction of sp³-hybridized carbons (Fsp3) is 0.261. The van der Waals surface area contributed by atoms with E-state index in [-0.39, 0.29) is 24.0 Å².